The molecule has 0 aliphatic carbocycles. The first-order valence-corrected chi connectivity index (χ1v) is 3.90. The number of hydrogen-bond acceptors (Lipinski definition) is 6. The number of diazo groups is 1. The number of benzene rings is 1. The van der Waals surface area contributed by atoms with Gasteiger partial charge in [-0.2, -0.15) is 0 Å². The molecule has 1 rings (SSSR count). The molecule has 0 amide bonds. The maximum Gasteiger partial charge on any atom is 0.433 e. The van der Waals surface area contributed by atoms with Crippen molar-refractivity contribution in [2.24, 2.45) is 0 Å². The number of nitro groups is 2. The molecule has 0 heterocycles. The summed E-state index contributed by atoms with van der Waals surface area (Å²) in [5, 5.41) is 39.0. The topological polar surface area (TPSA) is 135 Å². The monoisotopic (exact) mass is 225 g/mol. The Bertz CT molecular complexity index is 533. The van der Waals surface area contributed by atoms with E-state index < -0.39 is 32.7 Å². The van der Waals surface area contributed by atoms with Gasteiger partial charge in [-0.3, -0.25) is 20.2 Å². The van der Waals surface area contributed by atoms with Gasteiger partial charge in [0, 0.05) is 0 Å². The molecular weight excluding hydrogens is 220 g/mol. The smallest absolute Gasteiger partial charge is 0.433 e. The fraction of sp³-hybridized carbons (Fsp3) is 0.143. The molecule has 0 aromatic heterocycles. The van der Waals surface area contributed by atoms with Gasteiger partial charge in [-0.25, -0.2) is 0 Å². The Morgan fingerprint density at radius 1 is 1.38 bits per heavy atom. The number of phenols is 1. The van der Waals surface area contributed by atoms with E-state index in [2.05, 4.69) is 4.98 Å². The van der Waals surface area contributed by atoms with Gasteiger partial charge in [0.25, 0.3) is 0 Å². The lowest BCUT2D eigenvalue weighted by molar-refractivity contribution is -0.422. The molecule has 0 saturated carbocycles. The normalized spacial score (nSPS) is 9.50. The van der Waals surface area contributed by atoms with Crippen molar-refractivity contribution in [3.8, 4) is 5.75 Å². The number of rotatable bonds is 2. The highest BCUT2D eigenvalue weighted by atomic mass is 16.6. The summed E-state index contributed by atoms with van der Waals surface area (Å²) in [6.45, 7) is 1.12. The summed E-state index contributed by atoms with van der Waals surface area (Å²) in [6, 6.07) is 0.625. The average molecular weight is 225 g/mol. The predicted molar refractivity (Wildman–Crippen MR) is 50.9 cm³/mol. The lowest BCUT2D eigenvalue weighted by Gasteiger charge is -1.98. The summed E-state index contributed by atoms with van der Waals surface area (Å²) in [5.41, 5.74) is -2.48. The molecule has 1 N–H and O–H groups in total. The average Bonchev–Trinajstić information content (AvgIpc) is 2.20. The van der Waals surface area contributed by atoms with Crippen LogP contribution in [0.15, 0.2) is 6.07 Å². The lowest BCUT2D eigenvalue weighted by Crippen LogP contribution is -1.99. The van der Waals surface area contributed by atoms with E-state index in [1.807, 2.05) is 0 Å². The van der Waals surface area contributed by atoms with Gasteiger partial charge >= 0.3 is 17.1 Å². The van der Waals surface area contributed by atoms with Crippen molar-refractivity contribution < 1.29 is 15.0 Å². The minimum atomic E-state index is -0.987. The van der Waals surface area contributed by atoms with Crippen LogP contribution >= 0.6 is 0 Å². The summed E-state index contributed by atoms with van der Waals surface area (Å²) >= 11 is 0. The fourth-order valence-corrected chi connectivity index (χ4v) is 1.21. The van der Waals surface area contributed by atoms with Gasteiger partial charge in [-0.1, -0.05) is 0 Å². The van der Waals surface area contributed by atoms with Crippen LogP contribution in [0, 0.1) is 32.5 Å². The van der Waals surface area contributed by atoms with Gasteiger partial charge in [-0.05, 0) is 6.92 Å². The van der Waals surface area contributed by atoms with Gasteiger partial charge in [0.15, 0.2) is 4.98 Å². The molecule has 0 aliphatic heterocycles. The molecule has 0 aliphatic rings. The van der Waals surface area contributed by atoms with Crippen LogP contribution in [0.3, 0.4) is 0 Å². The van der Waals surface area contributed by atoms with Crippen LogP contribution in [0.4, 0.5) is 17.1 Å². The van der Waals surface area contributed by atoms with E-state index in [1.54, 1.807) is 0 Å². The molecule has 9 heteroatoms. The Labute approximate surface area is 87.9 Å². The minimum absolute atomic E-state index is 0.327. The van der Waals surface area contributed by atoms with Crippen LogP contribution in [0.2, 0.25) is 0 Å². The van der Waals surface area contributed by atoms with Crippen LogP contribution in [-0.2, 0) is 0 Å². The first-order valence-electron chi connectivity index (χ1n) is 3.90. The second kappa shape index (κ2) is 3.77. The van der Waals surface area contributed by atoms with E-state index in [0.717, 1.165) is 6.92 Å². The number of nitrogens with zero attached hydrogens (tertiary/aromatic N) is 4. The number of phenolic OH excluding ortho intramolecular Hbond substituents is 1. The molecule has 0 bridgehead atoms. The highest BCUT2D eigenvalue weighted by Gasteiger charge is 2.35. The van der Waals surface area contributed by atoms with E-state index in [-0.39, 0.29) is 5.56 Å². The van der Waals surface area contributed by atoms with Gasteiger partial charge in [-0.15, -0.1) is 0 Å². The summed E-state index contributed by atoms with van der Waals surface area (Å²) in [5.74, 6) is -0.667. The lowest BCUT2D eigenvalue weighted by atomic mass is 10.1. The Balaban J connectivity index is 3.73. The summed E-state index contributed by atoms with van der Waals surface area (Å²) in [7, 11) is 0. The third kappa shape index (κ3) is 1.59. The molecular formula is C7H5N4O5+. The first-order chi connectivity index (χ1) is 7.40. The third-order valence-corrected chi connectivity index (χ3v) is 1.96. The summed E-state index contributed by atoms with van der Waals surface area (Å²) in [6.07, 6.45) is 0. The Hall–Kier alpha value is -2.76. The van der Waals surface area contributed by atoms with Gasteiger partial charge in [0.1, 0.15) is 6.07 Å². The van der Waals surface area contributed by atoms with E-state index in [4.69, 9.17) is 5.39 Å². The zero-order chi connectivity index (χ0) is 12.5. The highest BCUT2D eigenvalue weighted by molar-refractivity contribution is 5.74. The van der Waals surface area contributed by atoms with Gasteiger partial charge < -0.3 is 5.11 Å². The van der Waals surface area contributed by atoms with Crippen molar-refractivity contribution in [3.05, 3.63) is 36.8 Å². The van der Waals surface area contributed by atoms with Crippen molar-refractivity contribution >= 4 is 17.1 Å². The van der Waals surface area contributed by atoms with Crippen molar-refractivity contribution in [2.45, 2.75) is 6.92 Å². The summed E-state index contributed by atoms with van der Waals surface area (Å²) in [4.78, 5) is 21.8. The molecule has 82 valence electrons. The predicted octanol–water partition coefficient (Wildman–Crippen LogP) is 2.00. The zero-order valence-electron chi connectivity index (χ0n) is 7.95. The minimum Gasteiger partial charge on any atom is -0.501 e. The van der Waals surface area contributed by atoms with Crippen molar-refractivity contribution in [2.75, 3.05) is 0 Å². The molecule has 9 nitrogen and oxygen atoms in total. The maximum absolute atomic E-state index is 10.6. The standard InChI is InChI=1S/C7H4N4O5/c1-3-6(11(15)16)5(10(13)14)2-4(9-8)7(3)12/h2H,1H3/p+1. The molecule has 0 spiro atoms. The second-order valence-electron chi connectivity index (χ2n) is 2.85. The molecule has 0 radical (unpaired) electrons. The van der Waals surface area contributed by atoms with E-state index in [1.165, 1.54) is 0 Å². The Kier molecular flexibility index (Phi) is 2.67. The molecule has 0 atom stereocenters. The SMILES string of the molecule is Cc1c(O)c([N+]#N)cc([N+](=O)[O-])c1[N+](=O)[O-]. The maximum atomic E-state index is 10.6. The van der Waals surface area contributed by atoms with Crippen LogP contribution < -0.4 is 0 Å². The van der Waals surface area contributed by atoms with E-state index in [0.29, 0.717) is 6.07 Å². The highest BCUT2D eigenvalue weighted by Crippen LogP contribution is 2.42. The number of nitro benzene ring substituents is 2. The second-order valence-corrected chi connectivity index (χ2v) is 2.85. The summed E-state index contributed by atoms with van der Waals surface area (Å²) < 4.78 is 0. The Morgan fingerprint density at radius 2 is 1.94 bits per heavy atom. The quantitative estimate of drug-likeness (QED) is 0.464. The molecule has 16 heavy (non-hydrogen) atoms. The fourth-order valence-electron chi connectivity index (χ4n) is 1.21. The molecule has 1 aromatic rings. The van der Waals surface area contributed by atoms with Crippen LogP contribution in [0.25, 0.3) is 4.98 Å². The molecule has 0 unspecified atom stereocenters. The van der Waals surface area contributed by atoms with Crippen molar-refractivity contribution in [3.63, 3.8) is 0 Å². The van der Waals surface area contributed by atoms with Gasteiger partial charge in [0.2, 0.25) is 11.1 Å². The Morgan fingerprint density at radius 3 is 2.31 bits per heavy atom. The van der Waals surface area contributed by atoms with Crippen molar-refractivity contribution in [1.29, 1.82) is 5.39 Å². The van der Waals surface area contributed by atoms with Crippen LogP contribution in [0.5, 0.6) is 5.75 Å². The molecule has 1 aromatic carbocycles. The molecule has 0 fully saturated rings. The van der Waals surface area contributed by atoms with E-state index in [9.17, 15) is 25.3 Å². The first kappa shape index (κ1) is 11.3. The van der Waals surface area contributed by atoms with Crippen LogP contribution in [-0.4, -0.2) is 15.0 Å². The number of aromatic hydroxyl groups is 1. The molecule has 0 saturated heterocycles. The third-order valence-electron chi connectivity index (χ3n) is 1.96. The zero-order valence-corrected chi connectivity index (χ0v) is 7.95. The van der Waals surface area contributed by atoms with Crippen LogP contribution in [0.1, 0.15) is 5.56 Å². The van der Waals surface area contributed by atoms with Gasteiger partial charge in [0.05, 0.1) is 15.4 Å². The van der Waals surface area contributed by atoms with E-state index >= 15 is 0 Å². The largest absolute Gasteiger partial charge is 0.501 e. The van der Waals surface area contributed by atoms with Crippen molar-refractivity contribution in [1.82, 2.24) is 0 Å². The number of hydrogen-bond donors (Lipinski definition) is 1.